The van der Waals surface area contributed by atoms with E-state index in [4.69, 9.17) is 15.5 Å². The molecule has 0 aromatic heterocycles. The Morgan fingerprint density at radius 1 is 1.30 bits per heavy atom. The van der Waals surface area contributed by atoms with E-state index >= 15 is 0 Å². The van der Waals surface area contributed by atoms with Crippen molar-refractivity contribution < 1.29 is 4.43 Å². The van der Waals surface area contributed by atoms with E-state index < -0.39 is 8.35 Å². The summed E-state index contributed by atoms with van der Waals surface area (Å²) in [7, 11) is -1.27. The molecule has 0 aromatic rings. The molecule has 1 aliphatic rings. The van der Waals surface area contributed by atoms with Crippen LogP contribution in [0.15, 0.2) is 0 Å². The fourth-order valence-corrected chi connectivity index (χ4v) is 2.71. The predicted molar refractivity (Wildman–Crippen MR) is 46.8 cm³/mol. The van der Waals surface area contributed by atoms with E-state index in [-0.39, 0.29) is 0 Å². The highest BCUT2D eigenvalue weighted by Gasteiger charge is 2.15. The number of hydrogen-bond donors (Lipinski definition) is 0. The zero-order valence-electron chi connectivity index (χ0n) is 6.48. The summed E-state index contributed by atoms with van der Waals surface area (Å²) in [5.74, 6) is 0. The van der Waals surface area contributed by atoms with Gasteiger partial charge in [-0.15, -0.1) is 11.1 Å². The molecule has 0 spiro atoms. The van der Waals surface area contributed by atoms with Gasteiger partial charge in [-0.1, -0.05) is 19.3 Å². The molecule has 1 fully saturated rings. The summed E-state index contributed by atoms with van der Waals surface area (Å²) in [6.45, 7) is 2.02. The summed E-state index contributed by atoms with van der Waals surface area (Å²) in [5.41, 5.74) is 0. The lowest BCUT2D eigenvalue weighted by molar-refractivity contribution is 0.160. The van der Waals surface area contributed by atoms with Gasteiger partial charge in [-0.05, 0) is 19.4 Å². The topological polar surface area (TPSA) is 9.23 Å². The summed E-state index contributed by atoms with van der Waals surface area (Å²) < 4.78 is 5.60. The van der Waals surface area contributed by atoms with Gasteiger partial charge in [0.25, 0.3) is 8.35 Å². The molecule has 0 saturated heterocycles. The molecule has 60 valence electrons. The average Bonchev–Trinajstić information content (AvgIpc) is 1.88. The van der Waals surface area contributed by atoms with Gasteiger partial charge in [0.15, 0.2) is 0 Å². The molecule has 0 radical (unpaired) electrons. The summed E-state index contributed by atoms with van der Waals surface area (Å²) in [6.07, 6.45) is 7.05. The monoisotopic (exact) mass is 178 g/mol. The first kappa shape index (κ1) is 8.56. The summed E-state index contributed by atoms with van der Waals surface area (Å²) in [4.78, 5) is 0. The van der Waals surface area contributed by atoms with Crippen LogP contribution >= 0.6 is 11.1 Å². The third-order valence-corrected chi connectivity index (χ3v) is 3.00. The summed E-state index contributed by atoms with van der Waals surface area (Å²) >= 11 is 5.83. The first-order chi connectivity index (χ1) is 4.79. The molecular weight excluding hydrogens is 164 g/mol. The van der Waals surface area contributed by atoms with E-state index in [0.29, 0.717) is 6.10 Å². The largest absolute Gasteiger partial charge is 0.403 e. The van der Waals surface area contributed by atoms with Crippen molar-refractivity contribution in [1.29, 1.82) is 0 Å². The van der Waals surface area contributed by atoms with Crippen molar-refractivity contribution in [3.05, 3.63) is 0 Å². The standard InChI is InChI=1S/C7H15ClOSi/c1-10(8)9-7-5-3-2-4-6-7/h7,10H,2-6H2,1H3. The second kappa shape index (κ2) is 4.37. The average molecular weight is 179 g/mol. The van der Waals surface area contributed by atoms with Crippen LogP contribution in [0.3, 0.4) is 0 Å². The Labute approximate surface area is 69.1 Å². The van der Waals surface area contributed by atoms with Crippen molar-refractivity contribution in [3.63, 3.8) is 0 Å². The minimum absolute atomic E-state index is 0.507. The van der Waals surface area contributed by atoms with Crippen molar-refractivity contribution in [2.45, 2.75) is 44.8 Å². The second-order valence-corrected chi connectivity index (χ2v) is 6.14. The van der Waals surface area contributed by atoms with Gasteiger partial charge in [0.05, 0.1) is 0 Å². The van der Waals surface area contributed by atoms with Crippen molar-refractivity contribution in [3.8, 4) is 0 Å². The molecule has 0 heterocycles. The van der Waals surface area contributed by atoms with Crippen LogP contribution in [-0.4, -0.2) is 14.5 Å². The molecule has 1 atom stereocenters. The highest BCUT2D eigenvalue weighted by atomic mass is 35.6. The molecule has 1 rings (SSSR count). The maximum absolute atomic E-state index is 5.83. The lowest BCUT2D eigenvalue weighted by atomic mass is 9.98. The van der Waals surface area contributed by atoms with Gasteiger partial charge in [-0.25, -0.2) is 0 Å². The van der Waals surface area contributed by atoms with Crippen LogP contribution in [0, 0.1) is 0 Å². The number of halogens is 1. The molecule has 1 saturated carbocycles. The van der Waals surface area contributed by atoms with Gasteiger partial charge in [-0.2, -0.15) is 0 Å². The van der Waals surface area contributed by atoms with Gasteiger partial charge in [0, 0.05) is 6.10 Å². The Morgan fingerprint density at radius 2 is 1.90 bits per heavy atom. The first-order valence-electron chi connectivity index (χ1n) is 4.08. The van der Waals surface area contributed by atoms with Gasteiger partial charge >= 0.3 is 0 Å². The van der Waals surface area contributed by atoms with Crippen LogP contribution in [-0.2, 0) is 4.43 Å². The Balaban J connectivity index is 2.13. The summed E-state index contributed by atoms with van der Waals surface area (Å²) in [5, 5.41) is 0. The zero-order chi connectivity index (χ0) is 7.40. The highest BCUT2D eigenvalue weighted by Crippen LogP contribution is 2.21. The van der Waals surface area contributed by atoms with E-state index in [0.717, 1.165) is 0 Å². The van der Waals surface area contributed by atoms with Crippen LogP contribution in [0.4, 0.5) is 0 Å². The number of hydrogen-bond acceptors (Lipinski definition) is 1. The van der Waals surface area contributed by atoms with Crippen LogP contribution < -0.4 is 0 Å². The molecule has 1 unspecified atom stereocenters. The van der Waals surface area contributed by atoms with E-state index in [2.05, 4.69) is 0 Å². The molecule has 0 amide bonds. The molecule has 0 N–H and O–H groups in total. The fraction of sp³-hybridized carbons (Fsp3) is 1.00. The lowest BCUT2D eigenvalue weighted by Crippen LogP contribution is -2.21. The normalized spacial score (nSPS) is 24.6. The van der Waals surface area contributed by atoms with Gasteiger partial charge in [-0.3, -0.25) is 0 Å². The van der Waals surface area contributed by atoms with E-state index in [1.165, 1.54) is 32.1 Å². The zero-order valence-corrected chi connectivity index (χ0v) is 8.39. The van der Waals surface area contributed by atoms with Crippen LogP contribution in [0.25, 0.3) is 0 Å². The van der Waals surface area contributed by atoms with E-state index in [9.17, 15) is 0 Å². The molecule has 10 heavy (non-hydrogen) atoms. The minimum atomic E-state index is -1.27. The summed E-state index contributed by atoms with van der Waals surface area (Å²) in [6, 6.07) is 0. The molecule has 0 aliphatic heterocycles. The third kappa shape index (κ3) is 3.04. The predicted octanol–water partition coefficient (Wildman–Crippen LogP) is 2.42. The Bertz CT molecular complexity index is 91.6. The smallest absolute Gasteiger partial charge is 0.271 e. The van der Waals surface area contributed by atoms with Crippen molar-refractivity contribution in [2.24, 2.45) is 0 Å². The van der Waals surface area contributed by atoms with Gasteiger partial charge < -0.3 is 4.43 Å². The van der Waals surface area contributed by atoms with Gasteiger partial charge in [0.2, 0.25) is 0 Å². The Morgan fingerprint density at radius 3 is 2.40 bits per heavy atom. The molecule has 3 heteroatoms. The quantitative estimate of drug-likeness (QED) is 0.466. The number of rotatable bonds is 2. The molecule has 1 aliphatic carbocycles. The fourth-order valence-electron chi connectivity index (χ4n) is 1.47. The minimum Gasteiger partial charge on any atom is -0.403 e. The van der Waals surface area contributed by atoms with Gasteiger partial charge in [0.1, 0.15) is 0 Å². The van der Waals surface area contributed by atoms with Crippen LogP contribution in [0.5, 0.6) is 0 Å². The van der Waals surface area contributed by atoms with Crippen molar-refractivity contribution >= 4 is 19.4 Å². The van der Waals surface area contributed by atoms with E-state index in [1.807, 2.05) is 6.55 Å². The first-order valence-corrected chi connectivity index (χ1v) is 7.46. The Hall–Kier alpha value is 0.467. The highest BCUT2D eigenvalue weighted by molar-refractivity contribution is 7.02. The second-order valence-electron chi connectivity index (χ2n) is 2.94. The third-order valence-electron chi connectivity index (χ3n) is 1.93. The van der Waals surface area contributed by atoms with Crippen LogP contribution in [0.2, 0.25) is 6.55 Å². The molecule has 1 nitrogen and oxygen atoms in total. The maximum atomic E-state index is 5.83. The van der Waals surface area contributed by atoms with Crippen LogP contribution in [0.1, 0.15) is 32.1 Å². The van der Waals surface area contributed by atoms with Crippen molar-refractivity contribution in [1.82, 2.24) is 0 Å². The van der Waals surface area contributed by atoms with E-state index in [1.54, 1.807) is 0 Å². The SMILES string of the molecule is C[SiH](Cl)OC1CCCCC1. The Kier molecular flexibility index (Phi) is 3.74. The molecular formula is C7H15ClOSi. The molecule has 0 bridgehead atoms. The molecule has 0 aromatic carbocycles. The van der Waals surface area contributed by atoms with Crippen molar-refractivity contribution in [2.75, 3.05) is 0 Å². The maximum Gasteiger partial charge on any atom is 0.271 e. The lowest BCUT2D eigenvalue weighted by Gasteiger charge is -2.22.